The van der Waals surface area contributed by atoms with Crippen molar-refractivity contribution in [3.8, 4) is 10.8 Å². The quantitative estimate of drug-likeness (QED) is 0.579. The van der Waals surface area contributed by atoms with E-state index in [1.807, 2.05) is 19.0 Å². The number of nitrogens with one attached hydrogen (secondary N) is 1. The molecule has 2 rings (SSSR count). The fourth-order valence-electron chi connectivity index (χ4n) is 1.99. The molecule has 0 spiro atoms. The van der Waals surface area contributed by atoms with Crippen LogP contribution in [0, 0.1) is 6.92 Å². The van der Waals surface area contributed by atoms with E-state index in [1.54, 1.807) is 31.2 Å². The van der Waals surface area contributed by atoms with Crippen molar-refractivity contribution in [3.05, 3.63) is 35.0 Å². The Morgan fingerprint density at radius 3 is 2.66 bits per heavy atom. The Bertz CT molecular complexity index is 949. The van der Waals surface area contributed by atoms with Crippen LogP contribution >= 0.6 is 22.9 Å². The van der Waals surface area contributed by atoms with Gasteiger partial charge >= 0.3 is 10.3 Å². The van der Waals surface area contributed by atoms with Crippen LogP contribution in [0.1, 0.15) is 5.69 Å². The number of carbonyl (C=O) groups excluding carboxylic acids is 1. The Morgan fingerprint density at radius 2 is 2.00 bits per heavy atom. The summed E-state index contributed by atoms with van der Waals surface area (Å²) in [5.41, 5.74) is 0.572. The number of anilines is 1. The number of aromatic nitrogens is 1. The number of hydrogen-bond acceptors (Lipinski definition) is 8. The molecule has 0 atom stereocenters. The van der Waals surface area contributed by atoms with Crippen LogP contribution in [0.3, 0.4) is 0 Å². The third kappa shape index (κ3) is 7.53. The van der Waals surface area contributed by atoms with Crippen molar-refractivity contribution in [2.24, 2.45) is 0 Å². The molecule has 0 aliphatic rings. The van der Waals surface area contributed by atoms with Crippen molar-refractivity contribution in [1.82, 2.24) is 14.2 Å². The molecule has 29 heavy (non-hydrogen) atoms. The number of hydrogen-bond donors (Lipinski definition) is 1. The van der Waals surface area contributed by atoms with E-state index in [4.69, 9.17) is 20.5 Å². The first-order valence-corrected chi connectivity index (χ1v) is 11.1. The number of nitrogens with zero attached hydrogens (tertiary/aromatic N) is 3. The Labute approximate surface area is 179 Å². The minimum Gasteiger partial charge on any atom is -0.445 e. The van der Waals surface area contributed by atoms with Gasteiger partial charge in [0.15, 0.2) is 5.13 Å². The van der Waals surface area contributed by atoms with E-state index in [0.717, 1.165) is 15.6 Å². The molecule has 0 saturated heterocycles. The van der Waals surface area contributed by atoms with E-state index in [-0.39, 0.29) is 11.7 Å². The van der Waals surface area contributed by atoms with Crippen molar-refractivity contribution in [2.75, 3.05) is 46.2 Å². The minimum absolute atomic E-state index is 0.243. The molecule has 160 valence electrons. The van der Waals surface area contributed by atoms with E-state index in [2.05, 4.69) is 10.3 Å². The molecule has 1 aromatic carbocycles. The van der Waals surface area contributed by atoms with Gasteiger partial charge in [-0.2, -0.15) is 12.7 Å². The summed E-state index contributed by atoms with van der Waals surface area (Å²) in [6.45, 7) is 1.84. The summed E-state index contributed by atoms with van der Waals surface area (Å²) in [4.78, 5) is 18.1. The highest BCUT2D eigenvalue weighted by Gasteiger charge is 2.21. The molecule has 1 aromatic heterocycles. The standard InChI is InChI=1S/C17H23ClN4O5S2/c1-12-16(27-14-7-5-6-13(18)10-14)28-17(19-12)20-15(23)11-26-29(24,25)22(4)9-8-21(2)3/h5-7,10H,8-9,11H2,1-4H3,(H,19,20,23). The molecule has 0 aliphatic carbocycles. The maximum atomic E-state index is 12.1. The van der Waals surface area contributed by atoms with Crippen LogP contribution in [0.15, 0.2) is 24.3 Å². The summed E-state index contributed by atoms with van der Waals surface area (Å²) in [7, 11) is 1.05. The highest BCUT2D eigenvalue weighted by atomic mass is 35.5. The summed E-state index contributed by atoms with van der Waals surface area (Å²) < 4.78 is 35.7. The third-order valence-electron chi connectivity index (χ3n) is 3.59. The van der Waals surface area contributed by atoms with Crippen LogP contribution in [0.2, 0.25) is 5.02 Å². The topological polar surface area (TPSA) is 101 Å². The number of carbonyl (C=O) groups is 1. The average molecular weight is 463 g/mol. The predicted octanol–water partition coefficient (Wildman–Crippen LogP) is 2.59. The molecule has 0 unspecified atom stereocenters. The number of likely N-dealkylation sites (N-methyl/N-ethyl adjacent to an activating group) is 2. The Balaban J connectivity index is 1.91. The molecule has 0 saturated carbocycles. The van der Waals surface area contributed by atoms with E-state index < -0.39 is 22.8 Å². The van der Waals surface area contributed by atoms with E-state index in [9.17, 15) is 13.2 Å². The van der Waals surface area contributed by atoms with Gasteiger partial charge in [-0.05, 0) is 39.2 Å². The van der Waals surface area contributed by atoms with E-state index in [0.29, 0.717) is 28.1 Å². The SMILES string of the molecule is Cc1nc(NC(=O)COS(=O)(=O)N(C)CCN(C)C)sc1Oc1cccc(Cl)c1. The number of amides is 1. The van der Waals surface area contributed by atoms with Gasteiger partial charge in [0.05, 0.1) is 5.69 Å². The van der Waals surface area contributed by atoms with Gasteiger partial charge in [0.2, 0.25) is 5.06 Å². The van der Waals surface area contributed by atoms with Crippen LogP contribution in [-0.2, 0) is 19.3 Å². The fourth-order valence-corrected chi connectivity index (χ4v) is 3.77. The number of ether oxygens (including phenoxy) is 1. The van der Waals surface area contributed by atoms with E-state index in [1.165, 1.54) is 7.05 Å². The molecule has 0 radical (unpaired) electrons. The molecule has 1 N–H and O–H groups in total. The molecule has 9 nitrogen and oxygen atoms in total. The summed E-state index contributed by atoms with van der Waals surface area (Å²) >= 11 is 7.05. The summed E-state index contributed by atoms with van der Waals surface area (Å²) in [6.07, 6.45) is 0. The summed E-state index contributed by atoms with van der Waals surface area (Å²) in [5, 5.41) is 3.80. The molecule has 1 heterocycles. The van der Waals surface area contributed by atoms with E-state index >= 15 is 0 Å². The zero-order valence-electron chi connectivity index (χ0n) is 16.5. The Hall–Kier alpha value is -1.76. The lowest BCUT2D eigenvalue weighted by atomic mass is 10.3. The van der Waals surface area contributed by atoms with Crippen LogP contribution in [0.4, 0.5) is 5.13 Å². The smallest absolute Gasteiger partial charge is 0.338 e. The van der Waals surface area contributed by atoms with Gasteiger partial charge in [0.25, 0.3) is 5.91 Å². The molecule has 0 bridgehead atoms. The first kappa shape index (κ1) is 23.5. The van der Waals surface area contributed by atoms with Gasteiger partial charge in [-0.15, -0.1) is 0 Å². The zero-order chi connectivity index (χ0) is 21.6. The molecule has 0 aliphatic heterocycles. The lowest BCUT2D eigenvalue weighted by Crippen LogP contribution is -2.36. The second-order valence-corrected chi connectivity index (χ2v) is 9.46. The van der Waals surface area contributed by atoms with Gasteiger partial charge in [0, 0.05) is 25.2 Å². The normalized spacial score (nSPS) is 11.8. The molecule has 0 fully saturated rings. The predicted molar refractivity (Wildman–Crippen MR) is 113 cm³/mol. The van der Waals surface area contributed by atoms with Gasteiger partial charge in [-0.25, -0.2) is 9.17 Å². The number of aryl methyl sites for hydroxylation is 1. The lowest BCUT2D eigenvalue weighted by molar-refractivity contribution is -0.118. The molecular formula is C17H23ClN4O5S2. The molecule has 12 heteroatoms. The Morgan fingerprint density at radius 1 is 1.28 bits per heavy atom. The lowest BCUT2D eigenvalue weighted by Gasteiger charge is -2.18. The van der Waals surface area contributed by atoms with Crippen LogP contribution in [0.5, 0.6) is 10.8 Å². The molecular weight excluding hydrogens is 440 g/mol. The first-order valence-electron chi connectivity index (χ1n) is 8.53. The van der Waals surface area contributed by atoms with Crippen molar-refractivity contribution >= 4 is 44.3 Å². The fraction of sp³-hybridized carbons (Fsp3) is 0.412. The molecule has 2 aromatic rings. The maximum absolute atomic E-state index is 12.1. The number of benzene rings is 1. The summed E-state index contributed by atoms with van der Waals surface area (Å²) in [5.74, 6) is -0.102. The highest BCUT2D eigenvalue weighted by molar-refractivity contribution is 7.84. The van der Waals surface area contributed by atoms with Crippen molar-refractivity contribution in [3.63, 3.8) is 0 Å². The third-order valence-corrected chi connectivity index (χ3v) is 6.14. The number of thiazole rings is 1. The van der Waals surface area contributed by atoms with Crippen molar-refractivity contribution < 1.29 is 22.1 Å². The first-order chi connectivity index (χ1) is 13.6. The van der Waals surface area contributed by atoms with Gasteiger partial charge in [-0.3, -0.25) is 10.1 Å². The molecule has 1 amide bonds. The second-order valence-electron chi connectivity index (χ2n) is 6.34. The zero-order valence-corrected chi connectivity index (χ0v) is 18.9. The van der Waals surface area contributed by atoms with Gasteiger partial charge < -0.3 is 9.64 Å². The van der Waals surface area contributed by atoms with Crippen LogP contribution < -0.4 is 10.1 Å². The van der Waals surface area contributed by atoms with Gasteiger partial charge in [0.1, 0.15) is 12.4 Å². The highest BCUT2D eigenvalue weighted by Crippen LogP contribution is 2.34. The average Bonchev–Trinajstić information content (AvgIpc) is 2.96. The van der Waals surface area contributed by atoms with Crippen molar-refractivity contribution in [1.29, 1.82) is 0 Å². The monoisotopic (exact) mass is 462 g/mol. The second kappa shape index (κ2) is 10.3. The minimum atomic E-state index is -4.00. The number of halogens is 1. The Kier molecular flexibility index (Phi) is 8.37. The van der Waals surface area contributed by atoms with Gasteiger partial charge in [-0.1, -0.05) is 29.0 Å². The number of rotatable bonds is 10. The largest absolute Gasteiger partial charge is 0.445 e. The van der Waals surface area contributed by atoms with Crippen molar-refractivity contribution in [2.45, 2.75) is 6.92 Å². The van der Waals surface area contributed by atoms with Crippen LogP contribution in [-0.4, -0.2) is 69.4 Å². The maximum Gasteiger partial charge on any atom is 0.338 e. The van der Waals surface area contributed by atoms with Crippen LogP contribution in [0.25, 0.3) is 0 Å². The summed E-state index contributed by atoms with van der Waals surface area (Å²) in [6, 6.07) is 6.88.